The first-order valence-electron chi connectivity index (χ1n) is 15.5. The molecule has 2 saturated heterocycles. The van der Waals surface area contributed by atoms with Gasteiger partial charge >= 0.3 is 6.18 Å². The third-order valence-corrected chi connectivity index (χ3v) is 11.2. The maximum Gasteiger partial charge on any atom is 0.417 e. The molecular weight excluding hydrogens is 684 g/mol. The Morgan fingerprint density at radius 3 is 2.22 bits per heavy atom. The van der Waals surface area contributed by atoms with E-state index in [0.717, 1.165) is 9.91 Å². The summed E-state index contributed by atoms with van der Waals surface area (Å²) in [6, 6.07) is 10.6. The van der Waals surface area contributed by atoms with Crippen LogP contribution >= 0.6 is 23.2 Å². The number of aryl methyl sites for hydroxylation is 2. The molecule has 0 spiro atoms. The van der Waals surface area contributed by atoms with Crippen molar-refractivity contribution in [1.82, 2.24) is 14.9 Å². The molecule has 9 nitrogen and oxygen atoms in total. The van der Waals surface area contributed by atoms with E-state index in [-0.39, 0.29) is 36.2 Å². The maximum atomic E-state index is 15.1. The average Bonchev–Trinajstić information content (AvgIpc) is 3.40. The van der Waals surface area contributed by atoms with E-state index < -0.39 is 63.6 Å². The summed E-state index contributed by atoms with van der Waals surface area (Å²) in [6.07, 6.45) is -2.02. The second-order valence-corrected chi connectivity index (χ2v) is 14.0. The van der Waals surface area contributed by atoms with E-state index in [1.165, 1.54) is 7.05 Å². The van der Waals surface area contributed by atoms with Crippen LogP contribution in [0.3, 0.4) is 0 Å². The van der Waals surface area contributed by atoms with E-state index in [0.29, 0.717) is 45.1 Å². The number of nitrogens with zero attached hydrogens (tertiary/aromatic N) is 3. The third-order valence-electron chi connectivity index (χ3n) is 10.6. The van der Waals surface area contributed by atoms with Crippen LogP contribution in [0.1, 0.15) is 46.6 Å². The van der Waals surface area contributed by atoms with E-state index in [2.05, 4.69) is 10.4 Å². The number of fused-ring (bicyclic) bond motifs is 4. The number of hydrazine groups is 1. The number of hydrogen-bond acceptors (Lipinski definition) is 7. The Hall–Kier alpha value is -4.42. The fourth-order valence-electron chi connectivity index (χ4n) is 8.47. The number of aromatic hydroxyl groups is 1. The number of nitrogens with one attached hydrogen (secondary N) is 1. The molecule has 0 radical (unpaired) electrons. The molecule has 2 aromatic carbocycles. The standard InChI is InChI=1S/C35H29Cl2F3N4O5/c1-15-10-17(11-16(2)28(15)45)27-21-8-9-22-26(32(48)43(3)30(22)46)23(21)13-24-31(47)44(33(49)34(24,27)18-4-6-20(36)7-5-18)42-29-25(37)12-19(14-41-29)35(38,39)40/h4-8,10-12,14,22-24,26-27,45H,9,13H2,1-3H3,(H,41,42). The molecule has 14 heteroatoms. The lowest BCUT2D eigenvalue weighted by atomic mass is 9.49. The van der Waals surface area contributed by atoms with Gasteiger partial charge in [-0.2, -0.15) is 18.2 Å². The van der Waals surface area contributed by atoms with Crippen LogP contribution in [-0.2, 0) is 30.8 Å². The largest absolute Gasteiger partial charge is 0.507 e. The van der Waals surface area contributed by atoms with Gasteiger partial charge in [0, 0.05) is 24.2 Å². The molecule has 3 aromatic rings. The van der Waals surface area contributed by atoms with Gasteiger partial charge in [-0.1, -0.05) is 59.1 Å². The van der Waals surface area contributed by atoms with Crippen molar-refractivity contribution in [3.8, 4) is 5.75 Å². The Morgan fingerprint density at radius 2 is 1.61 bits per heavy atom. The SMILES string of the molecule is Cc1cc(C2C3=CCC4C(=O)N(C)C(=O)C4C3CC3C(=O)N(Nc4ncc(C(F)(F)F)cc4Cl)C(=O)C32c2ccc(Cl)cc2)cc(C)c1O. The van der Waals surface area contributed by atoms with Gasteiger partial charge in [0.25, 0.3) is 11.8 Å². The van der Waals surface area contributed by atoms with Crippen molar-refractivity contribution in [3.05, 3.63) is 98.2 Å². The number of aromatic nitrogens is 1. The van der Waals surface area contributed by atoms with Crippen molar-refractivity contribution in [3.63, 3.8) is 0 Å². The summed E-state index contributed by atoms with van der Waals surface area (Å²) >= 11 is 12.5. The van der Waals surface area contributed by atoms with Crippen LogP contribution in [0.5, 0.6) is 5.75 Å². The van der Waals surface area contributed by atoms with Gasteiger partial charge in [0.2, 0.25) is 11.8 Å². The summed E-state index contributed by atoms with van der Waals surface area (Å²) < 4.78 is 40.1. The highest BCUT2D eigenvalue weighted by molar-refractivity contribution is 6.33. The molecule has 2 aliphatic carbocycles. The van der Waals surface area contributed by atoms with E-state index in [4.69, 9.17) is 23.2 Å². The minimum atomic E-state index is -4.73. The van der Waals surface area contributed by atoms with Crippen molar-refractivity contribution in [1.29, 1.82) is 0 Å². The molecule has 1 saturated carbocycles. The summed E-state index contributed by atoms with van der Waals surface area (Å²) in [4.78, 5) is 61.4. The number of rotatable bonds is 4. The first-order chi connectivity index (χ1) is 23.1. The topological polar surface area (TPSA) is 120 Å². The van der Waals surface area contributed by atoms with Crippen molar-refractivity contribution in [2.75, 3.05) is 12.5 Å². The minimum absolute atomic E-state index is 0.0198. The van der Waals surface area contributed by atoms with Gasteiger partial charge in [0.1, 0.15) is 5.75 Å². The van der Waals surface area contributed by atoms with E-state index >= 15 is 4.79 Å². The fourth-order valence-corrected chi connectivity index (χ4v) is 8.81. The minimum Gasteiger partial charge on any atom is -0.507 e. The van der Waals surface area contributed by atoms with Crippen LogP contribution in [0.4, 0.5) is 19.0 Å². The molecule has 6 atom stereocenters. The summed E-state index contributed by atoms with van der Waals surface area (Å²) in [5.74, 6) is -6.37. The highest BCUT2D eigenvalue weighted by Gasteiger charge is 2.70. The fraction of sp³-hybridized carbons (Fsp3) is 0.343. The lowest BCUT2D eigenvalue weighted by Crippen LogP contribution is -2.53. The number of carbonyl (C=O) groups excluding carboxylic acids is 4. The number of carbonyl (C=O) groups is 4. The Labute approximate surface area is 288 Å². The lowest BCUT2D eigenvalue weighted by molar-refractivity contribution is -0.140. The zero-order valence-corrected chi connectivity index (χ0v) is 27.8. The molecule has 254 valence electrons. The Kier molecular flexibility index (Phi) is 7.64. The highest BCUT2D eigenvalue weighted by Crippen LogP contribution is 2.64. The van der Waals surface area contributed by atoms with Crippen LogP contribution < -0.4 is 5.43 Å². The van der Waals surface area contributed by atoms with Crippen LogP contribution in [0, 0.1) is 37.5 Å². The van der Waals surface area contributed by atoms with Crippen LogP contribution in [0.15, 0.2) is 60.3 Å². The van der Waals surface area contributed by atoms with Gasteiger partial charge in [-0.15, -0.1) is 0 Å². The lowest BCUT2D eigenvalue weighted by Gasteiger charge is -2.50. The monoisotopic (exact) mass is 712 g/mol. The molecule has 4 amide bonds. The summed E-state index contributed by atoms with van der Waals surface area (Å²) in [7, 11) is 1.43. The third kappa shape index (κ3) is 4.78. The number of halogens is 5. The number of phenolic OH excluding ortho intramolecular Hbond substituents is 1. The second-order valence-electron chi connectivity index (χ2n) is 13.2. The number of alkyl halides is 3. The molecule has 7 rings (SSSR count). The van der Waals surface area contributed by atoms with Crippen molar-refractivity contribution in [2.45, 2.75) is 44.2 Å². The Balaban J connectivity index is 1.46. The number of likely N-dealkylation sites (tertiary alicyclic amines) is 1. The number of imide groups is 2. The quantitative estimate of drug-likeness (QED) is 0.239. The van der Waals surface area contributed by atoms with E-state index in [9.17, 15) is 32.7 Å². The van der Waals surface area contributed by atoms with Crippen molar-refractivity contribution in [2.24, 2.45) is 23.7 Å². The number of amides is 4. The number of phenols is 1. The summed E-state index contributed by atoms with van der Waals surface area (Å²) in [6.45, 7) is 3.43. The molecule has 2 aliphatic heterocycles. The summed E-state index contributed by atoms with van der Waals surface area (Å²) in [5, 5.41) is 11.4. The smallest absolute Gasteiger partial charge is 0.417 e. The first-order valence-corrected chi connectivity index (χ1v) is 16.3. The molecule has 3 heterocycles. The predicted octanol–water partition coefficient (Wildman–Crippen LogP) is 6.34. The van der Waals surface area contributed by atoms with E-state index in [1.54, 1.807) is 50.2 Å². The van der Waals surface area contributed by atoms with Gasteiger partial charge in [0.05, 0.1) is 33.8 Å². The molecule has 3 fully saturated rings. The predicted molar refractivity (Wildman–Crippen MR) is 172 cm³/mol. The molecule has 0 bridgehead atoms. The molecule has 49 heavy (non-hydrogen) atoms. The molecular formula is C35H29Cl2F3N4O5. The van der Waals surface area contributed by atoms with Gasteiger partial charge in [0.15, 0.2) is 5.82 Å². The summed E-state index contributed by atoms with van der Waals surface area (Å²) in [5.41, 5.74) is 2.64. The maximum absolute atomic E-state index is 15.1. The number of benzene rings is 2. The van der Waals surface area contributed by atoms with Gasteiger partial charge in [-0.3, -0.25) is 29.5 Å². The highest BCUT2D eigenvalue weighted by atomic mass is 35.5. The van der Waals surface area contributed by atoms with Gasteiger partial charge in [-0.05, 0) is 73.1 Å². The zero-order valence-electron chi connectivity index (χ0n) is 26.3. The second kappa shape index (κ2) is 11.3. The Bertz CT molecular complexity index is 1980. The van der Waals surface area contributed by atoms with Crippen LogP contribution in [-0.4, -0.2) is 50.7 Å². The normalized spacial score (nSPS) is 28.0. The van der Waals surface area contributed by atoms with Gasteiger partial charge < -0.3 is 5.11 Å². The molecule has 6 unspecified atom stereocenters. The molecule has 1 aromatic heterocycles. The number of anilines is 1. The van der Waals surface area contributed by atoms with Crippen molar-refractivity contribution >= 4 is 52.6 Å². The van der Waals surface area contributed by atoms with E-state index in [1.807, 2.05) is 6.08 Å². The number of pyridine rings is 1. The first kappa shape index (κ1) is 33.1. The van der Waals surface area contributed by atoms with Crippen molar-refractivity contribution < 1.29 is 37.5 Å². The number of allylic oxidation sites excluding steroid dienone is 2. The van der Waals surface area contributed by atoms with Crippen LogP contribution in [0.2, 0.25) is 10.0 Å². The molecule has 2 N–H and O–H groups in total. The average molecular weight is 714 g/mol. The van der Waals surface area contributed by atoms with Crippen LogP contribution in [0.25, 0.3) is 0 Å². The zero-order chi connectivity index (χ0) is 35.3. The number of hydrogen-bond donors (Lipinski definition) is 2. The molecule has 4 aliphatic rings. The Morgan fingerprint density at radius 1 is 0.959 bits per heavy atom. The van der Waals surface area contributed by atoms with Gasteiger partial charge in [-0.25, -0.2) is 4.98 Å².